The molecule has 1 heterocycles. The van der Waals surface area contributed by atoms with Crippen LogP contribution in [0.25, 0.3) is 6.08 Å². The Labute approximate surface area is 170 Å². The molecule has 1 aliphatic rings. The lowest BCUT2D eigenvalue weighted by Gasteiger charge is -2.11. The van der Waals surface area contributed by atoms with Crippen LogP contribution in [0, 0.1) is 0 Å². The van der Waals surface area contributed by atoms with Gasteiger partial charge in [-0.05, 0) is 55.5 Å². The molecule has 0 radical (unpaired) electrons. The number of carbonyl (C=O) groups is 2. The summed E-state index contributed by atoms with van der Waals surface area (Å²) >= 11 is 4.88. The van der Waals surface area contributed by atoms with Crippen LogP contribution in [-0.2, 0) is 22.4 Å². The number of amides is 1. The molecule has 27 heavy (non-hydrogen) atoms. The maximum atomic E-state index is 12.5. The Bertz CT molecular complexity index is 904. The van der Waals surface area contributed by atoms with E-state index in [2.05, 4.69) is 21.2 Å². The highest BCUT2D eigenvalue weighted by Crippen LogP contribution is 2.38. The molecule has 0 aliphatic heterocycles. The van der Waals surface area contributed by atoms with E-state index in [1.165, 1.54) is 24.5 Å². The first kappa shape index (κ1) is 19.6. The molecule has 0 atom stereocenters. The highest BCUT2D eigenvalue weighted by atomic mass is 79.9. The highest BCUT2D eigenvalue weighted by molar-refractivity contribution is 9.10. The number of aryl methyl sites for hydroxylation is 1. The Hall–Kier alpha value is -2.12. The van der Waals surface area contributed by atoms with E-state index in [-0.39, 0.29) is 5.91 Å². The van der Waals surface area contributed by atoms with Crippen LogP contribution in [0.15, 0.2) is 28.7 Å². The number of benzene rings is 1. The molecule has 7 heteroatoms. The van der Waals surface area contributed by atoms with Gasteiger partial charge in [-0.15, -0.1) is 11.3 Å². The van der Waals surface area contributed by atoms with Crippen molar-refractivity contribution >= 4 is 50.2 Å². The third-order valence-electron chi connectivity index (χ3n) is 4.40. The fourth-order valence-electron chi connectivity index (χ4n) is 3.13. The maximum Gasteiger partial charge on any atom is 0.341 e. The predicted octanol–water partition coefficient (Wildman–Crippen LogP) is 4.84. The summed E-state index contributed by atoms with van der Waals surface area (Å²) in [5.41, 5.74) is 2.30. The molecule has 5 nitrogen and oxygen atoms in total. The summed E-state index contributed by atoms with van der Waals surface area (Å²) in [4.78, 5) is 25.9. The van der Waals surface area contributed by atoms with E-state index in [0.717, 1.165) is 46.2 Å². The Morgan fingerprint density at radius 2 is 2.00 bits per heavy atom. The van der Waals surface area contributed by atoms with Crippen molar-refractivity contribution in [3.8, 4) is 5.75 Å². The fraction of sp³-hybridized carbons (Fsp3) is 0.300. The van der Waals surface area contributed by atoms with Crippen molar-refractivity contribution < 1.29 is 19.1 Å². The van der Waals surface area contributed by atoms with Crippen molar-refractivity contribution in [2.45, 2.75) is 25.7 Å². The summed E-state index contributed by atoms with van der Waals surface area (Å²) in [6.45, 7) is 0. The lowest BCUT2D eigenvalue weighted by atomic mass is 9.95. The number of ether oxygens (including phenoxy) is 2. The number of rotatable bonds is 5. The van der Waals surface area contributed by atoms with Gasteiger partial charge in [-0.2, -0.15) is 0 Å². The van der Waals surface area contributed by atoms with Gasteiger partial charge in [0.1, 0.15) is 10.8 Å². The van der Waals surface area contributed by atoms with Crippen LogP contribution < -0.4 is 10.1 Å². The van der Waals surface area contributed by atoms with Crippen molar-refractivity contribution in [3.05, 3.63) is 50.3 Å². The summed E-state index contributed by atoms with van der Waals surface area (Å²) in [6, 6.07) is 5.56. The Kier molecular flexibility index (Phi) is 6.34. The van der Waals surface area contributed by atoms with Gasteiger partial charge in [0.15, 0.2) is 0 Å². The number of fused-ring (bicyclic) bond motifs is 1. The molecule has 0 unspecified atom stereocenters. The normalized spacial score (nSPS) is 13.3. The average Bonchev–Trinajstić information content (AvgIpc) is 3.03. The zero-order chi connectivity index (χ0) is 19.4. The standard InChI is InChI=1S/C20H20BrNO4S/c1-25-15-9-8-13(21)11-12(15)7-10-17(23)22-19-18(20(24)26-2)14-5-3-4-6-16(14)27-19/h7-11H,3-6H2,1-2H3,(H,22,23)/b10-7+. The molecule has 3 rings (SSSR count). The van der Waals surface area contributed by atoms with Crippen LogP contribution in [0.2, 0.25) is 0 Å². The first-order valence-electron chi connectivity index (χ1n) is 8.59. The number of methoxy groups -OCH3 is 2. The zero-order valence-electron chi connectivity index (χ0n) is 15.1. The van der Waals surface area contributed by atoms with Crippen LogP contribution in [0.1, 0.15) is 39.2 Å². The van der Waals surface area contributed by atoms with E-state index in [0.29, 0.717) is 16.3 Å². The minimum Gasteiger partial charge on any atom is -0.496 e. The molecule has 1 aliphatic carbocycles. The number of halogens is 1. The molecule has 2 aromatic rings. The number of hydrogen-bond acceptors (Lipinski definition) is 5. The summed E-state index contributed by atoms with van der Waals surface area (Å²) in [6.07, 6.45) is 7.05. The van der Waals surface area contributed by atoms with Crippen LogP contribution in [0.3, 0.4) is 0 Å². The molecule has 0 saturated heterocycles. The lowest BCUT2D eigenvalue weighted by Crippen LogP contribution is -2.13. The van der Waals surface area contributed by atoms with Crippen molar-refractivity contribution in [2.75, 3.05) is 19.5 Å². The molecule has 0 bridgehead atoms. The van der Waals surface area contributed by atoms with E-state index in [1.807, 2.05) is 18.2 Å². The second-order valence-electron chi connectivity index (χ2n) is 6.12. The molecule has 1 aromatic carbocycles. The van der Waals surface area contributed by atoms with E-state index in [9.17, 15) is 9.59 Å². The van der Waals surface area contributed by atoms with Gasteiger partial charge < -0.3 is 14.8 Å². The summed E-state index contributed by atoms with van der Waals surface area (Å²) in [5.74, 6) is -0.0350. The third-order valence-corrected chi connectivity index (χ3v) is 6.10. The van der Waals surface area contributed by atoms with E-state index in [4.69, 9.17) is 9.47 Å². The van der Waals surface area contributed by atoms with E-state index in [1.54, 1.807) is 13.2 Å². The second-order valence-corrected chi connectivity index (χ2v) is 8.14. The van der Waals surface area contributed by atoms with Crippen molar-refractivity contribution in [1.82, 2.24) is 0 Å². The number of carbonyl (C=O) groups excluding carboxylic acids is 2. The van der Waals surface area contributed by atoms with Crippen LogP contribution in [-0.4, -0.2) is 26.1 Å². The molecule has 142 valence electrons. The van der Waals surface area contributed by atoms with Gasteiger partial charge in [0.25, 0.3) is 0 Å². The van der Waals surface area contributed by atoms with Gasteiger partial charge in [-0.1, -0.05) is 15.9 Å². The van der Waals surface area contributed by atoms with Gasteiger partial charge in [0.05, 0.1) is 19.8 Å². The summed E-state index contributed by atoms with van der Waals surface area (Å²) in [7, 11) is 2.94. The summed E-state index contributed by atoms with van der Waals surface area (Å²) < 4.78 is 11.1. The van der Waals surface area contributed by atoms with Gasteiger partial charge in [-0.25, -0.2) is 4.79 Å². The number of nitrogens with one attached hydrogen (secondary N) is 1. The molecule has 1 N–H and O–H groups in total. The molecule has 0 fully saturated rings. The van der Waals surface area contributed by atoms with Gasteiger partial charge in [-0.3, -0.25) is 4.79 Å². The molecule has 0 saturated carbocycles. The minimum atomic E-state index is -0.401. The van der Waals surface area contributed by atoms with Crippen molar-refractivity contribution in [3.63, 3.8) is 0 Å². The van der Waals surface area contributed by atoms with Crippen molar-refractivity contribution in [2.24, 2.45) is 0 Å². The van der Waals surface area contributed by atoms with Crippen LogP contribution in [0.4, 0.5) is 5.00 Å². The third kappa shape index (κ3) is 4.42. The molecular formula is C20H20BrNO4S. The van der Waals surface area contributed by atoms with Crippen LogP contribution in [0.5, 0.6) is 5.75 Å². The van der Waals surface area contributed by atoms with Gasteiger partial charge in [0, 0.05) is 21.0 Å². The van der Waals surface area contributed by atoms with Crippen LogP contribution >= 0.6 is 27.3 Å². The number of anilines is 1. The molecule has 0 spiro atoms. The number of thiophene rings is 1. The smallest absolute Gasteiger partial charge is 0.341 e. The maximum absolute atomic E-state index is 12.5. The van der Waals surface area contributed by atoms with E-state index >= 15 is 0 Å². The topological polar surface area (TPSA) is 64.6 Å². The SMILES string of the molecule is COC(=O)c1c(NC(=O)/C=C/c2cc(Br)ccc2OC)sc2c1CCCC2. The highest BCUT2D eigenvalue weighted by Gasteiger charge is 2.26. The Morgan fingerprint density at radius 1 is 1.22 bits per heavy atom. The minimum absolute atomic E-state index is 0.305. The largest absolute Gasteiger partial charge is 0.496 e. The van der Waals surface area contributed by atoms with Gasteiger partial charge in [0.2, 0.25) is 5.91 Å². The first-order valence-corrected chi connectivity index (χ1v) is 10.2. The molecule has 1 amide bonds. The first-order chi connectivity index (χ1) is 13.0. The molecule has 1 aromatic heterocycles. The van der Waals surface area contributed by atoms with E-state index < -0.39 is 5.97 Å². The predicted molar refractivity (Wildman–Crippen MR) is 111 cm³/mol. The fourth-order valence-corrected chi connectivity index (χ4v) is 4.79. The molecular weight excluding hydrogens is 430 g/mol. The summed E-state index contributed by atoms with van der Waals surface area (Å²) in [5, 5.41) is 3.40. The Morgan fingerprint density at radius 3 is 2.74 bits per heavy atom. The average molecular weight is 450 g/mol. The zero-order valence-corrected chi connectivity index (χ0v) is 17.5. The monoisotopic (exact) mass is 449 g/mol. The van der Waals surface area contributed by atoms with Crippen molar-refractivity contribution in [1.29, 1.82) is 0 Å². The number of esters is 1. The Balaban J connectivity index is 1.83. The lowest BCUT2D eigenvalue weighted by molar-refractivity contribution is -0.111. The quantitative estimate of drug-likeness (QED) is 0.523. The number of hydrogen-bond donors (Lipinski definition) is 1. The van der Waals surface area contributed by atoms with Gasteiger partial charge >= 0.3 is 5.97 Å². The second kappa shape index (κ2) is 8.71.